The predicted molar refractivity (Wildman–Crippen MR) is 129 cm³/mol. The van der Waals surface area contributed by atoms with E-state index >= 15 is 0 Å². The third kappa shape index (κ3) is 4.31. The van der Waals surface area contributed by atoms with Crippen molar-refractivity contribution in [2.75, 3.05) is 11.9 Å². The summed E-state index contributed by atoms with van der Waals surface area (Å²) in [5.74, 6) is -1.07. The largest absolute Gasteiger partial charge is 0.394 e. The molecule has 0 fully saturated rings. The Balaban J connectivity index is 1.53. The van der Waals surface area contributed by atoms with E-state index in [1.54, 1.807) is 18.6 Å². The Hall–Kier alpha value is -4.31. The topological polar surface area (TPSA) is 112 Å². The van der Waals surface area contributed by atoms with Gasteiger partial charge in [-0.2, -0.15) is 0 Å². The van der Waals surface area contributed by atoms with Crippen LogP contribution in [0.2, 0.25) is 0 Å². The first-order valence-corrected chi connectivity index (χ1v) is 11.0. The zero-order chi connectivity index (χ0) is 24.5. The summed E-state index contributed by atoms with van der Waals surface area (Å²) < 4.78 is 30.2. The third-order valence-corrected chi connectivity index (χ3v) is 5.85. The summed E-state index contributed by atoms with van der Waals surface area (Å²) >= 11 is 0. The van der Waals surface area contributed by atoms with Crippen molar-refractivity contribution in [1.29, 1.82) is 0 Å². The molecule has 35 heavy (non-hydrogen) atoms. The van der Waals surface area contributed by atoms with Crippen LogP contribution in [0.5, 0.6) is 0 Å². The summed E-state index contributed by atoms with van der Waals surface area (Å²) in [7, 11) is 0. The maximum absolute atomic E-state index is 14.2. The van der Waals surface area contributed by atoms with Crippen LogP contribution < -0.4 is 10.9 Å². The number of aromatic nitrogens is 5. The second-order valence-electron chi connectivity index (χ2n) is 8.24. The Kier molecular flexibility index (Phi) is 5.87. The Morgan fingerprint density at radius 1 is 1.20 bits per heavy atom. The highest BCUT2D eigenvalue weighted by molar-refractivity contribution is 5.86. The molecule has 10 heteroatoms. The Labute approximate surface area is 198 Å². The number of aromatic amines is 2. The van der Waals surface area contributed by atoms with Gasteiger partial charge in [0.2, 0.25) is 0 Å². The number of hydrogen-bond acceptors (Lipinski definition) is 5. The number of nitrogens with one attached hydrogen (secondary N) is 3. The van der Waals surface area contributed by atoms with E-state index < -0.39 is 29.8 Å². The van der Waals surface area contributed by atoms with Gasteiger partial charge >= 0.3 is 0 Å². The molecule has 0 bridgehead atoms. The standard InChI is InChI=1S/C25H22F2N6O2/c1-14-9-16(33-8-7-28-13-33)11-21-23(14)32-24(31-21)22-20(5-6-29-25(22)35)30-15(12-34)10-17-18(26)3-2-4-19(17)27/h2-9,11,13,15,34H,10,12H2,1H3,(H,31,32)(H2,29,30,35)/t15-/m0/s1. The SMILES string of the molecule is Cc1cc(-n2ccnc2)cc2[nH]c(-c3c(N[C@H](CO)Cc4c(F)cccc4F)cc[nH]c3=O)nc12. The van der Waals surface area contributed by atoms with Crippen LogP contribution in [0.4, 0.5) is 14.5 Å². The van der Waals surface area contributed by atoms with E-state index in [1.165, 1.54) is 24.4 Å². The number of aliphatic hydroxyl groups excluding tert-OH is 1. The minimum Gasteiger partial charge on any atom is -0.394 e. The van der Waals surface area contributed by atoms with Gasteiger partial charge in [-0.25, -0.2) is 18.7 Å². The number of benzene rings is 2. The minimum absolute atomic E-state index is 0.116. The lowest BCUT2D eigenvalue weighted by atomic mass is 10.0. The van der Waals surface area contributed by atoms with E-state index in [0.29, 0.717) is 17.0 Å². The van der Waals surface area contributed by atoms with Gasteiger partial charge in [-0.05, 0) is 42.8 Å². The number of nitrogens with zero attached hydrogens (tertiary/aromatic N) is 3. The van der Waals surface area contributed by atoms with Crippen LogP contribution in [0.1, 0.15) is 11.1 Å². The molecule has 0 saturated carbocycles. The molecule has 0 spiro atoms. The average molecular weight is 476 g/mol. The van der Waals surface area contributed by atoms with Crippen molar-refractivity contribution < 1.29 is 13.9 Å². The van der Waals surface area contributed by atoms with Gasteiger partial charge in [-0.1, -0.05) is 6.07 Å². The zero-order valence-electron chi connectivity index (χ0n) is 18.7. The van der Waals surface area contributed by atoms with Gasteiger partial charge < -0.3 is 25.0 Å². The molecular weight excluding hydrogens is 454 g/mol. The highest BCUT2D eigenvalue weighted by atomic mass is 19.1. The molecule has 0 aliphatic carbocycles. The molecule has 0 unspecified atom stereocenters. The summed E-state index contributed by atoms with van der Waals surface area (Å²) in [6.45, 7) is 1.51. The summed E-state index contributed by atoms with van der Waals surface area (Å²) in [5, 5.41) is 13.0. The van der Waals surface area contributed by atoms with Crippen molar-refractivity contribution in [2.45, 2.75) is 19.4 Å². The molecule has 3 heterocycles. The van der Waals surface area contributed by atoms with E-state index in [-0.39, 0.29) is 17.5 Å². The van der Waals surface area contributed by atoms with Gasteiger partial charge in [-0.15, -0.1) is 0 Å². The monoisotopic (exact) mass is 476 g/mol. The smallest absolute Gasteiger partial charge is 0.261 e. The molecule has 0 aliphatic heterocycles. The first-order valence-electron chi connectivity index (χ1n) is 11.0. The molecular formula is C25H22F2N6O2. The number of aliphatic hydroxyl groups is 1. The molecule has 8 nitrogen and oxygen atoms in total. The minimum atomic E-state index is -0.749. The van der Waals surface area contributed by atoms with Gasteiger partial charge in [0.25, 0.3) is 5.56 Å². The second-order valence-corrected chi connectivity index (χ2v) is 8.24. The first-order chi connectivity index (χ1) is 16.9. The summed E-state index contributed by atoms with van der Waals surface area (Å²) in [6.07, 6.45) is 6.54. The van der Waals surface area contributed by atoms with E-state index in [1.807, 2.05) is 29.8 Å². The lowest BCUT2D eigenvalue weighted by Crippen LogP contribution is -2.28. The van der Waals surface area contributed by atoms with Crippen LogP contribution in [0.25, 0.3) is 28.1 Å². The van der Waals surface area contributed by atoms with Gasteiger partial charge in [0, 0.05) is 36.3 Å². The van der Waals surface area contributed by atoms with Crippen LogP contribution in [0.3, 0.4) is 0 Å². The van der Waals surface area contributed by atoms with Crippen LogP contribution in [0, 0.1) is 18.6 Å². The van der Waals surface area contributed by atoms with Crippen molar-refractivity contribution >= 4 is 16.7 Å². The molecule has 5 rings (SSSR count). The van der Waals surface area contributed by atoms with Gasteiger partial charge in [0.15, 0.2) is 0 Å². The average Bonchev–Trinajstić information content (AvgIpc) is 3.51. The van der Waals surface area contributed by atoms with Gasteiger partial charge in [0.05, 0.1) is 35.7 Å². The number of rotatable bonds is 7. The van der Waals surface area contributed by atoms with Crippen LogP contribution >= 0.6 is 0 Å². The van der Waals surface area contributed by atoms with E-state index in [0.717, 1.165) is 16.8 Å². The molecule has 0 amide bonds. The maximum Gasteiger partial charge on any atom is 0.261 e. The molecule has 0 saturated heterocycles. The Morgan fingerprint density at radius 2 is 2.00 bits per heavy atom. The van der Waals surface area contributed by atoms with Gasteiger partial charge in [-0.3, -0.25) is 4.79 Å². The fourth-order valence-electron chi connectivity index (χ4n) is 4.14. The Bertz CT molecular complexity index is 1540. The fraction of sp³-hybridized carbons (Fsp3) is 0.160. The number of aryl methyl sites for hydroxylation is 1. The molecule has 1 atom stereocenters. The van der Waals surface area contributed by atoms with Crippen molar-refractivity contribution in [3.05, 3.63) is 94.4 Å². The van der Waals surface area contributed by atoms with Crippen LogP contribution in [-0.2, 0) is 6.42 Å². The third-order valence-electron chi connectivity index (χ3n) is 5.85. The number of fused-ring (bicyclic) bond motifs is 1. The number of halogens is 2. The lowest BCUT2D eigenvalue weighted by Gasteiger charge is -2.19. The zero-order valence-corrected chi connectivity index (χ0v) is 18.7. The van der Waals surface area contributed by atoms with E-state index in [9.17, 15) is 18.7 Å². The molecule has 2 aromatic carbocycles. The van der Waals surface area contributed by atoms with E-state index in [2.05, 4.69) is 25.3 Å². The van der Waals surface area contributed by atoms with Crippen LogP contribution in [0.15, 0.2) is 66.1 Å². The number of H-pyrrole nitrogens is 2. The summed E-state index contributed by atoms with van der Waals surface area (Å²) in [6, 6.07) is 8.36. The van der Waals surface area contributed by atoms with Crippen molar-refractivity contribution in [2.24, 2.45) is 0 Å². The summed E-state index contributed by atoms with van der Waals surface area (Å²) in [4.78, 5) is 27.4. The predicted octanol–water partition coefficient (Wildman–Crippen LogP) is 3.71. The molecule has 3 aromatic heterocycles. The highest BCUT2D eigenvalue weighted by Gasteiger charge is 2.20. The van der Waals surface area contributed by atoms with Crippen LogP contribution in [-0.4, -0.2) is 42.3 Å². The van der Waals surface area contributed by atoms with Crippen molar-refractivity contribution in [3.8, 4) is 17.1 Å². The highest BCUT2D eigenvalue weighted by Crippen LogP contribution is 2.28. The second kappa shape index (κ2) is 9.15. The van der Waals surface area contributed by atoms with E-state index in [4.69, 9.17) is 0 Å². The summed E-state index contributed by atoms with van der Waals surface area (Å²) in [5.41, 5.74) is 3.26. The van der Waals surface area contributed by atoms with Crippen molar-refractivity contribution in [1.82, 2.24) is 24.5 Å². The number of anilines is 1. The number of pyridine rings is 1. The molecule has 0 aliphatic rings. The molecule has 0 radical (unpaired) electrons. The number of hydrogen-bond donors (Lipinski definition) is 4. The van der Waals surface area contributed by atoms with Crippen molar-refractivity contribution in [3.63, 3.8) is 0 Å². The maximum atomic E-state index is 14.2. The number of imidazole rings is 2. The molecule has 178 valence electrons. The quantitative estimate of drug-likeness (QED) is 0.286. The molecule has 4 N–H and O–H groups in total. The normalized spacial score (nSPS) is 12.2. The molecule has 5 aromatic rings. The first kappa shape index (κ1) is 22.5. The lowest BCUT2D eigenvalue weighted by molar-refractivity contribution is 0.272. The Morgan fingerprint density at radius 3 is 2.71 bits per heavy atom. The fourth-order valence-corrected chi connectivity index (χ4v) is 4.14. The van der Waals surface area contributed by atoms with Gasteiger partial charge in [0.1, 0.15) is 23.0 Å².